The number of hydrogen-bond donors (Lipinski definition) is 2. The van der Waals surface area contributed by atoms with Gasteiger partial charge in [-0.05, 0) is 31.2 Å². The Balaban J connectivity index is 1.60. The number of nitrogens with one attached hydrogen (secondary N) is 2. The van der Waals surface area contributed by atoms with Gasteiger partial charge >= 0.3 is 5.76 Å². The Morgan fingerprint density at radius 2 is 2.00 bits per heavy atom. The van der Waals surface area contributed by atoms with Crippen LogP contribution in [0.2, 0.25) is 0 Å². The lowest BCUT2D eigenvalue weighted by Crippen LogP contribution is -2.13. The molecule has 0 aliphatic rings. The molecule has 0 aliphatic heterocycles. The fourth-order valence-electron chi connectivity index (χ4n) is 3.45. The summed E-state index contributed by atoms with van der Waals surface area (Å²) in [5.74, 6) is -0.829. The van der Waals surface area contributed by atoms with Gasteiger partial charge in [-0.15, -0.1) is 0 Å². The molecule has 8 nitrogen and oxygen atoms in total. The lowest BCUT2D eigenvalue weighted by molar-refractivity contribution is 0.102. The lowest BCUT2D eigenvalue weighted by atomic mass is 10.1. The normalized spacial score (nSPS) is 11.2. The summed E-state index contributed by atoms with van der Waals surface area (Å²) >= 11 is 0. The summed E-state index contributed by atoms with van der Waals surface area (Å²) in [6, 6.07) is 16.4. The Labute approximate surface area is 170 Å². The van der Waals surface area contributed by atoms with Crippen molar-refractivity contribution in [3.8, 4) is 11.3 Å². The number of hydrogen-bond acceptors (Lipinski definition) is 5. The van der Waals surface area contributed by atoms with Gasteiger partial charge in [0.2, 0.25) is 0 Å². The third kappa shape index (κ3) is 3.04. The first kappa shape index (κ1) is 17.9. The van der Waals surface area contributed by atoms with Gasteiger partial charge in [-0.3, -0.25) is 9.78 Å². The summed E-state index contributed by atoms with van der Waals surface area (Å²) in [6.07, 6.45) is 1.66. The van der Waals surface area contributed by atoms with Crippen molar-refractivity contribution in [1.29, 1.82) is 0 Å². The van der Waals surface area contributed by atoms with Gasteiger partial charge in [0.15, 0.2) is 11.2 Å². The van der Waals surface area contributed by atoms with Gasteiger partial charge in [0.25, 0.3) is 5.91 Å². The molecular formula is C22H17N5O3. The van der Waals surface area contributed by atoms with Crippen LogP contribution in [-0.4, -0.2) is 25.7 Å². The molecule has 0 spiro atoms. The van der Waals surface area contributed by atoms with Crippen LogP contribution in [0, 0.1) is 0 Å². The number of amides is 1. The SMILES string of the molecule is CCn1ncc2c(C(=O)Nc3ccc4oc(=O)[nH]c4c3)cc(-c3ccccc3)nc21. The number of aromatic amines is 1. The number of pyridine rings is 1. The third-order valence-electron chi connectivity index (χ3n) is 4.90. The van der Waals surface area contributed by atoms with Gasteiger partial charge in [0, 0.05) is 17.8 Å². The Hall–Kier alpha value is -4.20. The predicted octanol–water partition coefficient (Wildman–Crippen LogP) is 3.81. The third-order valence-corrected chi connectivity index (χ3v) is 4.90. The number of fused-ring (bicyclic) bond motifs is 2. The van der Waals surface area contributed by atoms with Crippen molar-refractivity contribution < 1.29 is 9.21 Å². The maximum Gasteiger partial charge on any atom is 0.417 e. The Kier molecular flexibility index (Phi) is 4.17. The minimum Gasteiger partial charge on any atom is -0.408 e. The molecular weight excluding hydrogens is 382 g/mol. The quantitative estimate of drug-likeness (QED) is 0.478. The summed E-state index contributed by atoms with van der Waals surface area (Å²) < 4.78 is 6.77. The van der Waals surface area contributed by atoms with Crippen LogP contribution >= 0.6 is 0 Å². The smallest absolute Gasteiger partial charge is 0.408 e. The van der Waals surface area contributed by atoms with Gasteiger partial charge < -0.3 is 9.73 Å². The van der Waals surface area contributed by atoms with Crippen LogP contribution < -0.4 is 11.1 Å². The van der Waals surface area contributed by atoms with Crippen molar-refractivity contribution in [1.82, 2.24) is 19.7 Å². The van der Waals surface area contributed by atoms with E-state index in [2.05, 4.69) is 15.4 Å². The largest absolute Gasteiger partial charge is 0.417 e. The maximum atomic E-state index is 13.2. The number of carbonyl (C=O) groups is 1. The number of rotatable bonds is 4. The van der Waals surface area contributed by atoms with E-state index in [9.17, 15) is 9.59 Å². The molecule has 0 saturated carbocycles. The molecule has 0 fully saturated rings. The molecule has 2 aromatic carbocycles. The first-order valence-corrected chi connectivity index (χ1v) is 9.48. The first-order chi connectivity index (χ1) is 14.6. The zero-order chi connectivity index (χ0) is 20.7. The molecule has 0 aliphatic carbocycles. The van der Waals surface area contributed by atoms with Crippen molar-refractivity contribution in [2.24, 2.45) is 0 Å². The minimum atomic E-state index is -0.538. The summed E-state index contributed by atoms with van der Waals surface area (Å²) in [6.45, 7) is 2.62. The van der Waals surface area contributed by atoms with Gasteiger partial charge in [0.05, 0.1) is 28.4 Å². The highest BCUT2D eigenvalue weighted by Crippen LogP contribution is 2.26. The molecule has 5 rings (SSSR count). The molecule has 2 N–H and O–H groups in total. The molecule has 1 amide bonds. The van der Waals surface area contributed by atoms with Gasteiger partial charge in [-0.2, -0.15) is 5.10 Å². The molecule has 148 valence electrons. The fraction of sp³-hybridized carbons (Fsp3) is 0.0909. The molecule has 30 heavy (non-hydrogen) atoms. The Morgan fingerprint density at radius 1 is 1.17 bits per heavy atom. The Bertz CT molecular complexity index is 1450. The number of benzene rings is 2. The average Bonchev–Trinajstić information content (AvgIpc) is 3.35. The Morgan fingerprint density at radius 3 is 2.80 bits per heavy atom. The minimum absolute atomic E-state index is 0.291. The molecule has 0 atom stereocenters. The molecule has 5 aromatic rings. The summed E-state index contributed by atoms with van der Waals surface area (Å²) in [7, 11) is 0. The van der Waals surface area contributed by atoms with E-state index in [1.807, 2.05) is 37.3 Å². The number of anilines is 1. The van der Waals surface area contributed by atoms with Gasteiger partial charge in [-0.25, -0.2) is 14.5 Å². The van der Waals surface area contributed by atoms with E-state index in [-0.39, 0.29) is 5.91 Å². The molecule has 0 radical (unpaired) electrons. The topological polar surface area (TPSA) is 106 Å². The monoisotopic (exact) mass is 399 g/mol. The van der Waals surface area contributed by atoms with E-state index >= 15 is 0 Å². The average molecular weight is 399 g/mol. The molecule has 8 heteroatoms. The zero-order valence-corrected chi connectivity index (χ0v) is 16.0. The van der Waals surface area contributed by atoms with Crippen molar-refractivity contribution in [2.75, 3.05) is 5.32 Å². The van der Waals surface area contributed by atoms with Crippen LogP contribution in [0.1, 0.15) is 17.3 Å². The number of H-pyrrole nitrogens is 1. The number of nitrogens with zero attached hydrogens (tertiary/aromatic N) is 3. The maximum absolute atomic E-state index is 13.2. The van der Waals surface area contributed by atoms with Crippen LogP contribution in [0.4, 0.5) is 5.69 Å². The fourth-order valence-corrected chi connectivity index (χ4v) is 3.45. The second-order valence-electron chi connectivity index (χ2n) is 6.80. The van der Waals surface area contributed by atoms with Crippen LogP contribution in [-0.2, 0) is 6.54 Å². The lowest BCUT2D eigenvalue weighted by Gasteiger charge is -2.09. The number of aromatic nitrogens is 4. The van der Waals surface area contributed by atoms with Crippen molar-refractivity contribution in [3.63, 3.8) is 0 Å². The molecule has 0 bridgehead atoms. The molecule has 0 unspecified atom stereocenters. The summed E-state index contributed by atoms with van der Waals surface area (Å²) in [5, 5.41) is 7.93. The first-order valence-electron chi connectivity index (χ1n) is 9.48. The van der Waals surface area contributed by atoms with Crippen molar-refractivity contribution in [2.45, 2.75) is 13.5 Å². The molecule has 3 heterocycles. The second-order valence-corrected chi connectivity index (χ2v) is 6.80. The highest BCUT2D eigenvalue weighted by Gasteiger charge is 2.18. The number of aryl methyl sites for hydroxylation is 1. The second kappa shape index (κ2) is 7.00. The van der Waals surface area contributed by atoms with Crippen LogP contribution in [0.25, 0.3) is 33.4 Å². The van der Waals surface area contributed by atoms with E-state index in [1.165, 1.54) is 0 Å². The number of carbonyl (C=O) groups excluding carboxylic acids is 1. The summed E-state index contributed by atoms with van der Waals surface area (Å²) in [5.41, 5.74) is 4.21. The summed E-state index contributed by atoms with van der Waals surface area (Å²) in [4.78, 5) is 31.9. The van der Waals surface area contributed by atoms with Gasteiger partial charge in [0.1, 0.15) is 0 Å². The van der Waals surface area contributed by atoms with Crippen molar-refractivity contribution in [3.05, 3.63) is 76.9 Å². The van der Waals surface area contributed by atoms with E-state index in [4.69, 9.17) is 9.40 Å². The van der Waals surface area contributed by atoms with E-state index in [1.54, 1.807) is 35.1 Å². The van der Waals surface area contributed by atoms with E-state index in [0.29, 0.717) is 45.6 Å². The highest BCUT2D eigenvalue weighted by molar-refractivity contribution is 6.13. The van der Waals surface area contributed by atoms with Crippen LogP contribution in [0.15, 0.2) is 70.0 Å². The standard InChI is InChI=1S/C22H17N5O3/c1-2-27-20-16(12-23-27)15(11-17(25-20)13-6-4-3-5-7-13)21(28)24-14-8-9-19-18(10-14)26-22(29)30-19/h3-12H,2H2,1H3,(H,24,28)(H,26,29). The zero-order valence-electron chi connectivity index (χ0n) is 16.0. The van der Waals surface area contributed by atoms with Crippen molar-refractivity contribution >= 4 is 33.7 Å². The molecule has 0 saturated heterocycles. The molecule has 3 aromatic heterocycles. The van der Waals surface area contributed by atoms with Gasteiger partial charge in [-0.1, -0.05) is 30.3 Å². The van der Waals surface area contributed by atoms with E-state index < -0.39 is 5.76 Å². The predicted molar refractivity (Wildman–Crippen MR) is 113 cm³/mol. The van der Waals surface area contributed by atoms with E-state index in [0.717, 1.165) is 5.56 Å². The highest BCUT2D eigenvalue weighted by atomic mass is 16.4. The number of oxazole rings is 1. The van der Waals surface area contributed by atoms with Crippen LogP contribution in [0.3, 0.4) is 0 Å². The van der Waals surface area contributed by atoms with Crippen LogP contribution in [0.5, 0.6) is 0 Å².